The first kappa shape index (κ1) is 20.7. The summed E-state index contributed by atoms with van der Waals surface area (Å²) < 4.78 is 5.66. The first-order chi connectivity index (χ1) is 16.1. The second kappa shape index (κ2) is 8.76. The fourth-order valence-corrected chi connectivity index (χ4v) is 3.91. The fourth-order valence-electron chi connectivity index (χ4n) is 3.91. The Labute approximate surface area is 193 Å². The molecule has 3 aromatic carbocycles. The van der Waals surface area contributed by atoms with Crippen LogP contribution in [0, 0.1) is 12.3 Å². The second-order valence-electron chi connectivity index (χ2n) is 8.29. The van der Waals surface area contributed by atoms with Gasteiger partial charge in [-0.3, -0.25) is 0 Å². The highest BCUT2D eigenvalue weighted by Gasteiger charge is 2.18. The van der Waals surface area contributed by atoms with Crippen LogP contribution in [0.1, 0.15) is 36.7 Å². The van der Waals surface area contributed by atoms with E-state index >= 15 is 0 Å². The normalized spacial score (nSPS) is 12.6. The maximum absolute atomic E-state index is 5.66. The molecule has 0 amide bonds. The lowest BCUT2D eigenvalue weighted by atomic mass is 9.99. The molecule has 5 heteroatoms. The van der Waals surface area contributed by atoms with Crippen LogP contribution in [-0.4, -0.2) is 22.4 Å². The van der Waals surface area contributed by atoms with Crippen molar-refractivity contribution >= 4 is 22.4 Å². The standard InChI is InChI=1S/C28H24N4O/c1-4-15-33-22-13-14-25-23(16-22)26(20-11-9-19(10-12-20)18(2)3)32-28(31-25)27-29-17-21-7-5-6-8-24(21)30-27/h1,5-14,16,18H,15,17H2,2-3H3,(H,29,30). The number of ether oxygens (including phenoxy) is 1. The van der Waals surface area contributed by atoms with Crippen LogP contribution in [0.3, 0.4) is 0 Å². The molecule has 1 aliphatic rings. The van der Waals surface area contributed by atoms with Crippen molar-refractivity contribution in [2.45, 2.75) is 26.3 Å². The summed E-state index contributed by atoms with van der Waals surface area (Å²) in [6.07, 6.45) is 5.37. The molecule has 0 fully saturated rings. The topological polar surface area (TPSA) is 59.4 Å². The third-order valence-corrected chi connectivity index (χ3v) is 5.72. The van der Waals surface area contributed by atoms with Crippen LogP contribution >= 0.6 is 0 Å². The monoisotopic (exact) mass is 432 g/mol. The van der Waals surface area contributed by atoms with Crippen LogP contribution in [0.2, 0.25) is 0 Å². The first-order valence-corrected chi connectivity index (χ1v) is 11.0. The van der Waals surface area contributed by atoms with E-state index < -0.39 is 0 Å². The van der Waals surface area contributed by atoms with Crippen LogP contribution in [-0.2, 0) is 6.54 Å². The minimum Gasteiger partial charge on any atom is -0.481 e. The zero-order chi connectivity index (χ0) is 22.8. The average Bonchev–Trinajstić information content (AvgIpc) is 2.86. The van der Waals surface area contributed by atoms with E-state index in [4.69, 9.17) is 26.1 Å². The lowest BCUT2D eigenvalue weighted by Gasteiger charge is -2.18. The summed E-state index contributed by atoms with van der Waals surface area (Å²) in [7, 11) is 0. The van der Waals surface area contributed by atoms with Crippen molar-refractivity contribution in [2.75, 3.05) is 6.61 Å². The van der Waals surface area contributed by atoms with Crippen molar-refractivity contribution in [1.82, 2.24) is 15.3 Å². The molecule has 162 valence electrons. The van der Waals surface area contributed by atoms with Crippen LogP contribution < -0.4 is 10.1 Å². The summed E-state index contributed by atoms with van der Waals surface area (Å²) in [6.45, 7) is 5.27. The molecular formula is C28H24N4O. The predicted octanol–water partition coefficient (Wildman–Crippen LogP) is 5.61. The zero-order valence-electron chi connectivity index (χ0n) is 18.7. The Morgan fingerprint density at radius 3 is 2.64 bits per heavy atom. The largest absolute Gasteiger partial charge is 0.481 e. The molecule has 4 aromatic rings. The number of aliphatic imine (C=N–C) groups is 1. The van der Waals surface area contributed by atoms with Crippen molar-refractivity contribution in [3.05, 3.63) is 83.7 Å². The molecule has 0 radical (unpaired) electrons. The number of para-hydroxylation sites is 1. The van der Waals surface area contributed by atoms with Gasteiger partial charge in [-0.2, -0.15) is 0 Å². The number of hydrogen-bond acceptors (Lipinski definition) is 5. The number of fused-ring (bicyclic) bond motifs is 2. The Balaban J connectivity index is 1.66. The quantitative estimate of drug-likeness (QED) is 0.416. The van der Waals surface area contributed by atoms with Gasteiger partial charge in [-0.05, 0) is 41.3 Å². The van der Waals surface area contributed by atoms with Crippen molar-refractivity contribution in [1.29, 1.82) is 0 Å². The number of hydrogen-bond donors (Lipinski definition) is 1. The summed E-state index contributed by atoms with van der Waals surface area (Å²) in [5, 5.41) is 4.28. The molecule has 1 N–H and O–H groups in total. The summed E-state index contributed by atoms with van der Waals surface area (Å²) in [4.78, 5) is 14.6. The van der Waals surface area contributed by atoms with Gasteiger partial charge in [0.15, 0.2) is 11.7 Å². The van der Waals surface area contributed by atoms with E-state index in [1.165, 1.54) is 5.56 Å². The molecule has 0 saturated carbocycles. The van der Waals surface area contributed by atoms with Gasteiger partial charge in [0.1, 0.15) is 12.4 Å². The highest BCUT2D eigenvalue weighted by atomic mass is 16.5. The smallest absolute Gasteiger partial charge is 0.196 e. The summed E-state index contributed by atoms with van der Waals surface area (Å²) in [5.74, 6) is 4.90. The molecule has 1 aromatic heterocycles. The Morgan fingerprint density at radius 1 is 1.03 bits per heavy atom. The molecule has 5 rings (SSSR count). The lowest BCUT2D eigenvalue weighted by Crippen LogP contribution is -2.28. The molecule has 0 atom stereocenters. The highest BCUT2D eigenvalue weighted by Crippen LogP contribution is 2.31. The number of amidine groups is 1. The van der Waals surface area contributed by atoms with E-state index in [-0.39, 0.29) is 6.61 Å². The van der Waals surface area contributed by atoms with Gasteiger partial charge in [-0.25, -0.2) is 15.0 Å². The maximum Gasteiger partial charge on any atom is 0.196 e. The summed E-state index contributed by atoms with van der Waals surface area (Å²) in [6, 6.07) is 22.4. The Hall–Kier alpha value is -4.17. The summed E-state index contributed by atoms with van der Waals surface area (Å²) in [5.41, 5.74) is 6.04. The third kappa shape index (κ3) is 4.16. The predicted molar refractivity (Wildman–Crippen MR) is 133 cm³/mol. The lowest BCUT2D eigenvalue weighted by molar-refractivity contribution is 0.371. The molecule has 0 aliphatic carbocycles. The maximum atomic E-state index is 5.66. The fraction of sp³-hybridized carbons (Fsp3) is 0.179. The molecule has 2 heterocycles. The van der Waals surface area contributed by atoms with Gasteiger partial charge in [0.05, 0.1) is 16.9 Å². The number of benzene rings is 3. The van der Waals surface area contributed by atoms with E-state index in [1.54, 1.807) is 0 Å². The van der Waals surface area contributed by atoms with E-state index in [1.807, 2.05) is 36.4 Å². The SMILES string of the molecule is C#CCOc1ccc2nc(C3=Nc4ccccc4CN3)nc(-c3ccc(C(C)C)cc3)c2c1. The average molecular weight is 433 g/mol. The molecule has 0 saturated heterocycles. The minimum absolute atomic E-state index is 0.211. The van der Waals surface area contributed by atoms with Crippen molar-refractivity contribution in [3.8, 4) is 29.4 Å². The zero-order valence-corrected chi connectivity index (χ0v) is 18.7. The number of aromatic nitrogens is 2. The number of nitrogens with zero attached hydrogens (tertiary/aromatic N) is 3. The number of terminal acetylenes is 1. The number of rotatable bonds is 5. The van der Waals surface area contributed by atoms with Gasteiger partial charge in [0.2, 0.25) is 0 Å². The van der Waals surface area contributed by atoms with Crippen molar-refractivity contribution in [3.63, 3.8) is 0 Å². The van der Waals surface area contributed by atoms with Gasteiger partial charge < -0.3 is 10.1 Å². The number of nitrogens with one attached hydrogen (secondary N) is 1. The van der Waals surface area contributed by atoms with Gasteiger partial charge in [0, 0.05) is 17.5 Å². The second-order valence-corrected chi connectivity index (χ2v) is 8.29. The minimum atomic E-state index is 0.211. The van der Waals surface area contributed by atoms with E-state index in [2.05, 4.69) is 55.4 Å². The Morgan fingerprint density at radius 2 is 1.85 bits per heavy atom. The molecule has 33 heavy (non-hydrogen) atoms. The van der Waals surface area contributed by atoms with Gasteiger partial charge >= 0.3 is 0 Å². The van der Waals surface area contributed by atoms with Crippen LogP contribution in [0.15, 0.2) is 71.7 Å². The molecular weight excluding hydrogens is 408 g/mol. The first-order valence-electron chi connectivity index (χ1n) is 11.0. The van der Waals surface area contributed by atoms with E-state index in [0.29, 0.717) is 29.9 Å². The van der Waals surface area contributed by atoms with Crippen LogP contribution in [0.4, 0.5) is 5.69 Å². The van der Waals surface area contributed by atoms with E-state index in [9.17, 15) is 0 Å². The molecule has 0 spiro atoms. The van der Waals surface area contributed by atoms with Crippen molar-refractivity contribution in [2.24, 2.45) is 4.99 Å². The van der Waals surface area contributed by atoms with Crippen LogP contribution in [0.5, 0.6) is 5.75 Å². The van der Waals surface area contributed by atoms with Gasteiger partial charge in [-0.15, -0.1) is 6.42 Å². The Bertz CT molecular complexity index is 1400. The molecule has 0 unspecified atom stereocenters. The van der Waals surface area contributed by atoms with Crippen molar-refractivity contribution < 1.29 is 4.74 Å². The van der Waals surface area contributed by atoms with E-state index in [0.717, 1.165) is 33.4 Å². The summed E-state index contributed by atoms with van der Waals surface area (Å²) >= 11 is 0. The van der Waals surface area contributed by atoms with Gasteiger partial charge in [-0.1, -0.05) is 62.2 Å². The molecule has 0 bridgehead atoms. The van der Waals surface area contributed by atoms with Gasteiger partial charge in [0.25, 0.3) is 0 Å². The third-order valence-electron chi connectivity index (χ3n) is 5.72. The molecule has 1 aliphatic heterocycles. The molecule has 5 nitrogen and oxygen atoms in total. The van der Waals surface area contributed by atoms with Crippen LogP contribution in [0.25, 0.3) is 22.2 Å². The Kier molecular flexibility index (Phi) is 5.50. The highest BCUT2D eigenvalue weighted by molar-refractivity contribution is 6.02.